The molecule has 0 bridgehead atoms. The predicted molar refractivity (Wildman–Crippen MR) is 93.8 cm³/mol. The van der Waals surface area contributed by atoms with Crippen LogP contribution in [0.1, 0.15) is 23.6 Å². The third-order valence-corrected chi connectivity index (χ3v) is 6.32. The van der Waals surface area contributed by atoms with E-state index in [0.29, 0.717) is 34.9 Å². The maximum Gasteiger partial charge on any atom is 0.315 e. The lowest BCUT2D eigenvalue weighted by atomic mass is 10.0. The summed E-state index contributed by atoms with van der Waals surface area (Å²) < 4.78 is 34.9. The van der Waals surface area contributed by atoms with Crippen molar-refractivity contribution >= 4 is 15.9 Å². The first-order valence-electron chi connectivity index (χ1n) is 8.27. The first-order chi connectivity index (χ1) is 12.5. The molecule has 1 unspecified atom stereocenters. The van der Waals surface area contributed by atoms with Gasteiger partial charge in [-0.2, -0.15) is 0 Å². The van der Waals surface area contributed by atoms with Crippen LogP contribution in [-0.2, 0) is 16.4 Å². The molecule has 2 aromatic rings. The Hall–Kier alpha value is -2.74. The van der Waals surface area contributed by atoms with Crippen LogP contribution in [0.25, 0.3) is 0 Å². The quantitative estimate of drug-likeness (QED) is 0.858. The summed E-state index contributed by atoms with van der Waals surface area (Å²) in [7, 11) is -3.27. The van der Waals surface area contributed by atoms with Crippen LogP contribution in [0.4, 0.5) is 4.79 Å². The van der Waals surface area contributed by atoms with Crippen LogP contribution >= 0.6 is 0 Å². The zero-order chi connectivity index (χ0) is 18.1. The highest BCUT2D eigenvalue weighted by Gasteiger charge is 2.30. The molecule has 4 rings (SSSR count). The van der Waals surface area contributed by atoms with Gasteiger partial charge in [0.05, 0.1) is 16.7 Å². The van der Waals surface area contributed by atoms with Gasteiger partial charge in [-0.05, 0) is 35.7 Å². The van der Waals surface area contributed by atoms with E-state index in [9.17, 15) is 13.2 Å². The number of nitrogens with one attached hydrogen (secondary N) is 2. The SMILES string of the molecule is O=C(NCc1ccc2c(c1)OCO2)NC1CCS(=O)(=O)c2ccccc21. The lowest BCUT2D eigenvalue weighted by molar-refractivity contribution is 0.174. The molecule has 0 saturated carbocycles. The van der Waals surface area contributed by atoms with Crippen LogP contribution in [0.2, 0.25) is 0 Å². The topological polar surface area (TPSA) is 93.7 Å². The van der Waals surface area contributed by atoms with E-state index in [1.54, 1.807) is 30.3 Å². The molecule has 2 heterocycles. The molecule has 7 nitrogen and oxygen atoms in total. The molecule has 0 spiro atoms. The number of carbonyl (C=O) groups is 1. The number of carbonyl (C=O) groups excluding carboxylic acids is 1. The fourth-order valence-electron chi connectivity index (χ4n) is 3.18. The Morgan fingerprint density at radius 1 is 1.12 bits per heavy atom. The van der Waals surface area contributed by atoms with E-state index in [1.807, 2.05) is 12.1 Å². The lowest BCUT2D eigenvalue weighted by Crippen LogP contribution is -2.40. The number of benzene rings is 2. The van der Waals surface area contributed by atoms with Crippen molar-refractivity contribution in [1.29, 1.82) is 0 Å². The monoisotopic (exact) mass is 374 g/mol. The smallest absolute Gasteiger partial charge is 0.315 e. The van der Waals surface area contributed by atoms with Gasteiger partial charge in [-0.3, -0.25) is 0 Å². The van der Waals surface area contributed by atoms with Crippen molar-refractivity contribution in [2.75, 3.05) is 12.5 Å². The summed E-state index contributed by atoms with van der Waals surface area (Å²) in [6.45, 7) is 0.534. The van der Waals surface area contributed by atoms with Gasteiger partial charge in [0, 0.05) is 6.54 Å². The van der Waals surface area contributed by atoms with Crippen LogP contribution in [0.3, 0.4) is 0 Å². The van der Waals surface area contributed by atoms with Gasteiger partial charge in [0.1, 0.15) is 0 Å². The largest absolute Gasteiger partial charge is 0.454 e. The van der Waals surface area contributed by atoms with Crippen molar-refractivity contribution in [3.63, 3.8) is 0 Å². The fourth-order valence-corrected chi connectivity index (χ4v) is 4.80. The van der Waals surface area contributed by atoms with E-state index < -0.39 is 9.84 Å². The van der Waals surface area contributed by atoms with E-state index in [0.717, 1.165) is 5.56 Å². The molecule has 2 N–H and O–H groups in total. The molecule has 0 radical (unpaired) electrons. The van der Waals surface area contributed by atoms with Gasteiger partial charge < -0.3 is 20.1 Å². The van der Waals surface area contributed by atoms with Gasteiger partial charge in [-0.1, -0.05) is 24.3 Å². The molecule has 0 aromatic heterocycles. The average Bonchev–Trinajstić information content (AvgIpc) is 3.10. The van der Waals surface area contributed by atoms with Crippen LogP contribution in [-0.4, -0.2) is 27.0 Å². The van der Waals surface area contributed by atoms with Gasteiger partial charge in [-0.15, -0.1) is 0 Å². The first-order valence-corrected chi connectivity index (χ1v) is 9.93. The molecular weight excluding hydrogens is 356 g/mol. The zero-order valence-electron chi connectivity index (χ0n) is 13.9. The van der Waals surface area contributed by atoms with Crippen LogP contribution in [0.15, 0.2) is 47.4 Å². The lowest BCUT2D eigenvalue weighted by Gasteiger charge is -2.26. The Labute approximate surface area is 151 Å². The number of hydrogen-bond acceptors (Lipinski definition) is 5. The number of rotatable bonds is 3. The normalized spacial score (nSPS) is 19.5. The number of ether oxygens (including phenoxy) is 2. The highest BCUT2D eigenvalue weighted by Crippen LogP contribution is 2.33. The van der Waals surface area contributed by atoms with Crippen molar-refractivity contribution < 1.29 is 22.7 Å². The first kappa shape index (κ1) is 16.7. The molecule has 26 heavy (non-hydrogen) atoms. The highest BCUT2D eigenvalue weighted by molar-refractivity contribution is 7.91. The van der Waals surface area contributed by atoms with Crippen LogP contribution in [0, 0.1) is 0 Å². The van der Waals surface area contributed by atoms with Crippen molar-refractivity contribution in [2.24, 2.45) is 0 Å². The summed E-state index contributed by atoms with van der Waals surface area (Å²) in [6, 6.07) is 11.6. The second kappa shape index (κ2) is 6.53. The molecule has 0 fully saturated rings. The third kappa shape index (κ3) is 3.20. The standard InChI is InChI=1S/C18H18N2O5S/c21-18(19-10-12-5-6-15-16(9-12)25-11-24-15)20-14-7-8-26(22,23)17-4-2-1-3-13(14)17/h1-6,9,14H,7-8,10-11H2,(H2,19,20,21). The molecule has 2 aromatic carbocycles. The Bertz CT molecular complexity index is 958. The highest BCUT2D eigenvalue weighted by atomic mass is 32.2. The minimum atomic E-state index is -3.27. The molecule has 2 aliphatic rings. The maximum atomic E-state index is 12.3. The maximum absolute atomic E-state index is 12.3. The molecular formula is C18H18N2O5S. The van der Waals surface area contributed by atoms with E-state index in [-0.39, 0.29) is 24.6 Å². The van der Waals surface area contributed by atoms with E-state index in [2.05, 4.69) is 10.6 Å². The summed E-state index contributed by atoms with van der Waals surface area (Å²) in [6.07, 6.45) is 0.358. The van der Waals surface area contributed by atoms with Gasteiger partial charge in [0.2, 0.25) is 6.79 Å². The van der Waals surface area contributed by atoms with Gasteiger partial charge in [-0.25, -0.2) is 13.2 Å². The van der Waals surface area contributed by atoms with E-state index in [4.69, 9.17) is 9.47 Å². The Morgan fingerprint density at radius 2 is 1.92 bits per heavy atom. The second-order valence-electron chi connectivity index (χ2n) is 6.21. The van der Waals surface area contributed by atoms with Gasteiger partial charge in [0.15, 0.2) is 21.3 Å². The molecule has 1 atom stereocenters. The van der Waals surface area contributed by atoms with Crippen LogP contribution < -0.4 is 20.1 Å². The number of amides is 2. The number of hydrogen-bond donors (Lipinski definition) is 2. The molecule has 136 valence electrons. The van der Waals surface area contributed by atoms with Crippen LogP contribution in [0.5, 0.6) is 11.5 Å². The van der Waals surface area contributed by atoms with Gasteiger partial charge >= 0.3 is 6.03 Å². The summed E-state index contributed by atoms with van der Waals surface area (Å²) >= 11 is 0. The second-order valence-corrected chi connectivity index (χ2v) is 8.29. The molecule has 2 amide bonds. The number of sulfone groups is 1. The predicted octanol–water partition coefficient (Wildman–Crippen LogP) is 2.13. The Morgan fingerprint density at radius 3 is 2.81 bits per heavy atom. The van der Waals surface area contributed by atoms with Crippen molar-refractivity contribution in [2.45, 2.75) is 23.9 Å². The van der Waals surface area contributed by atoms with Crippen molar-refractivity contribution in [1.82, 2.24) is 10.6 Å². The molecule has 2 aliphatic heterocycles. The summed E-state index contributed by atoms with van der Waals surface area (Å²) in [4.78, 5) is 12.6. The summed E-state index contributed by atoms with van der Waals surface area (Å²) in [5.74, 6) is 1.38. The van der Waals surface area contributed by atoms with Crippen molar-refractivity contribution in [3.8, 4) is 11.5 Å². The van der Waals surface area contributed by atoms with Crippen molar-refractivity contribution in [3.05, 3.63) is 53.6 Å². The number of fused-ring (bicyclic) bond motifs is 2. The Balaban J connectivity index is 1.41. The minimum Gasteiger partial charge on any atom is -0.454 e. The average molecular weight is 374 g/mol. The fraction of sp³-hybridized carbons (Fsp3) is 0.278. The summed E-state index contributed by atoms with van der Waals surface area (Å²) in [5, 5.41) is 5.66. The third-order valence-electron chi connectivity index (χ3n) is 4.50. The zero-order valence-corrected chi connectivity index (χ0v) is 14.7. The van der Waals surface area contributed by atoms with E-state index in [1.165, 1.54) is 0 Å². The summed E-state index contributed by atoms with van der Waals surface area (Å²) in [5.41, 5.74) is 1.52. The van der Waals surface area contributed by atoms with Gasteiger partial charge in [0.25, 0.3) is 0 Å². The molecule has 8 heteroatoms. The minimum absolute atomic E-state index is 0.0249. The Kier molecular flexibility index (Phi) is 4.20. The van der Waals surface area contributed by atoms with E-state index >= 15 is 0 Å². The number of urea groups is 1. The molecule has 0 saturated heterocycles. The molecule has 0 aliphatic carbocycles.